The normalized spacial score (nSPS) is 18.5. The van der Waals surface area contributed by atoms with Crippen molar-refractivity contribution in [2.75, 3.05) is 0 Å². The van der Waals surface area contributed by atoms with Crippen LogP contribution < -0.4 is 5.32 Å². The molecule has 148 valence electrons. The number of carboxylic acids is 1. The number of nitrogens with one attached hydrogen (secondary N) is 1. The summed E-state index contributed by atoms with van der Waals surface area (Å²) in [5.41, 5.74) is 3.95. The number of hydrogen-bond donors (Lipinski definition) is 2. The van der Waals surface area contributed by atoms with E-state index in [1.165, 1.54) is 0 Å². The standard InChI is InChI=1S/C22H22N4O3/c1-14-20(21(27)23-18-10-7-17(13-18)22(28)29)24-25-26(14)19-11-8-16(9-12-19)15-5-3-2-4-6-15/h2-6,8-9,11-12,17-18H,7,10,13H2,1H3,(H,23,27)(H,28,29)/t17-,18+/m1/s1. The van der Waals surface area contributed by atoms with Crippen LogP contribution in [0, 0.1) is 12.8 Å². The summed E-state index contributed by atoms with van der Waals surface area (Å²) in [6.45, 7) is 1.80. The van der Waals surface area contributed by atoms with Crippen molar-refractivity contribution < 1.29 is 14.7 Å². The number of carboxylic acid groups (broad SMARTS) is 1. The van der Waals surface area contributed by atoms with E-state index < -0.39 is 5.97 Å². The van der Waals surface area contributed by atoms with Gasteiger partial charge in [-0.2, -0.15) is 0 Å². The highest BCUT2D eigenvalue weighted by Gasteiger charge is 2.31. The molecule has 3 aromatic rings. The van der Waals surface area contributed by atoms with E-state index in [0.717, 1.165) is 16.8 Å². The fourth-order valence-corrected chi connectivity index (χ4v) is 3.80. The first kappa shape index (κ1) is 18.9. The molecule has 29 heavy (non-hydrogen) atoms. The SMILES string of the molecule is Cc1c(C(=O)N[C@H]2CC[C@@H](C(=O)O)C2)nnn1-c1ccc(-c2ccccc2)cc1. The Morgan fingerprint density at radius 1 is 1.03 bits per heavy atom. The molecule has 7 heteroatoms. The Bertz CT molecular complexity index is 1030. The third-order valence-electron chi connectivity index (χ3n) is 5.45. The average molecular weight is 390 g/mol. The summed E-state index contributed by atoms with van der Waals surface area (Å²) in [7, 11) is 0. The molecule has 0 spiro atoms. The second-order valence-electron chi connectivity index (χ2n) is 7.37. The van der Waals surface area contributed by atoms with Crippen LogP contribution in [-0.4, -0.2) is 38.0 Å². The summed E-state index contributed by atoms with van der Waals surface area (Å²) in [6, 6.07) is 17.9. The summed E-state index contributed by atoms with van der Waals surface area (Å²) in [5, 5.41) is 20.2. The van der Waals surface area contributed by atoms with E-state index in [9.17, 15) is 9.59 Å². The molecule has 1 fully saturated rings. The molecule has 7 nitrogen and oxygen atoms in total. The van der Waals surface area contributed by atoms with Gasteiger partial charge in [-0.05, 0) is 49.4 Å². The van der Waals surface area contributed by atoms with Gasteiger partial charge in [-0.25, -0.2) is 4.68 Å². The molecule has 0 radical (unpaired) electrons. The summed E-state index contributed by atoms with van der Waals surface area (Å²) in [6.07, 6.45) is 1.70. The van der Waals surface area contributed by atoms with Gasteiger partial charge in [-0.1, -0.05) is 47.7 Å². The Morgan fingerprint density at radius 3 is 2.38 bits per heavy atom. The predicted molar refractivity (Wildman–Crippen MR) is 108 cm³/mol. The lowest BCUT2D eigenvalue weighted by atomic mass is 10.1. The third kappa shape index (κ3) is 3.89. The van der Waals surface area contributed by atoms with Crippen molar-refractivity contribution in [1.29, 1.82) is 0 Å². The molecule has 0 saturated heterocycles. The number of carbonyl (C=O) groups is 2. The first-order valence-electron chi connectivity index (χ1n) is 9.65. The zero-order valence-corrected chi connectivity index (χ0v) is 16.1. The van der Waals surface area contributed by atoms with E-state index in [2.05, 4.69) is 27.8 Å². The van der Waals surface area contributed by atoms with E-state index in [-0.39, 0.29) is 23.6 Å². The number of aliphatic carboxylic acids is 1. The number of benzene rings is 2. The lowest BCUT2D eigenvalue weighted by Crippen LogP contribution is -2.34. The van der Waals surface area contributed by atoms with Crippen LogP contribution in [0.25, 0.3) is 16.8 Å². The van der Waals surface area contributed by atoms with Crippen LogP contribution in [0.1, 0.15) is 35.4 Å². The summed E-state index contributed by atoms with van der Waals surface area (Å²) < 4.78 is 1.64. The van der Waals surface area contributed by atoms with Crippen molar-refractivity contribution in [3.8, 4) is 16.8 Å². The number of nitrogens with zero attached hydrogens (tertiary/aromatic N) is 3. The van der Waals surface area contributed by atoms with Crippen molar-refractivity contribution >= 4 is 11.9 Å². The fraction of sp³-hybridized carbons (Fsp3) is 0.273. The molecule has 1 aliphatic carbocycles. The molecule has 2 aromatic carbocycles. The Labute approximate surface area is 168 Å². The Hall–Kier alpha value is -3.48. The number of rotatable bonds is 5. The maximum absolute atomic E-state index is 12.6. The van der Waals surface area contributed by atoms with Crippen molar-refractivity contribution in [1.82, 2.24) is 20.3 Å². The quantitative estimate of drug-likeness (QED) is 0.697. The largest absolute Gasteiger partial charge is 0.481 e. The van der Waals surface area contributed by atoms with E-state index in [1.54, 1.807) is 11.6 Å². The van der Waals surface area contributed by atoms with Gasteiger partial charge >= 0.3 is 5.97 Å². The summed E-state index contributed by atoms with van der Waals surface area (Å²) in [4.78, 5) is 23.7. The molecule has 1 aliphatic rings. The van der Waals surface area contributed by atoms with Crippen LogP contribution >= 0.6 is 0 Å². The topological polar surface area (TPSA) is 97.1 Å². The minimum atomic E-state index is -0.803. The molecule has 1 heterocycles. The van der Waals surface area contributed by atoms with Crippen LogP contribution in [0.15, 0.2) is 54.6 Å². The van der Waals surface area contributed by atoms with Gasteiger partial charge in [0.2, 0.25) is 0 Å². The molecule has 2 N–H and O–H groups in total. The molecular formula is C22H22N4O3. The van der Waals surface area contributed by atoms with Crippen LogP contribution in [0.2, 0.25) is 0 Å². The zero-order valence-electron chi connectivity index (χ0n) is 16.1. The smallest absolute Gasteiger partial charge is 0.306 e. The van der Waals surface area contributed by atoms with Gasteiger partial charge in [0.25, 0.3) is 5.91 Å². The molecule has 4 rings (SSSR count). The van der Waals surface area contributed by atoms with Gasteiger partial charge in [-0.3, -0.25) is 9.59 Å². The highest BCUT2D eigenvalue weighted by atomic mass is 16.4. The highest BCUT2D eigenvalue weighted by molar-refractivity contribution is 5.93. The molecule has 1 aromatic heterocycles. The maximum Gasteiger partial charge on any atom is 0.306 e. The summed E-state index contributed by atoms with van der Waals surface area (Å²) in [5.74, 6) is -1.51. The Balaban J connectivity index is 1.48. The zero-order chi connectivity index (χ0) is 20.4. The van der Waals surface area contributed by atoms with Gasteiger partial charge in [0.15, 0.2) is 5.69 Å². The van der Waals surface area contributed by atoms with E-state index in [4.69, 9.17) is 5.11 Å². The van der Waals surface area contributed by atoms with Crippen LogP contribution in [-0.2, 0) is 4.79 Å². The molecular weight excluding hydrogens is 368 g/mol. The molecule has 0 aliphatic heterocycles. The van der Waals surface area contributed by atoms with Crippen molar-refractivity contribution in [3.63, 3.8) is 0 Å². The minimum absolute atomic E-state index is 0.140. The second-order valence-corrected chi connectivity index (χ2v) is 7.37. The van der Waals surface area contributed by atoms with E-state index in [1.807, 2.05) is 42.5 Å². The third-order valence-corrected chi connectivity index (χ3v) is 5.45. The lowest BCUT2D eigenvalue weighted by Gasteiger charge is -2.11. The average Bonchev–Trinajstić information content (AvgIpc) is 3.35. The monoisotopic (exact) mass is 390 g/mol. The number of aromatic nitrogens is 3. The fourth-order valence-electron chi connectivity index (χ4n) is 3.80. The van der Waals surface area contributed by atoms with Gasteiger partial charge in [0, 0.05) is 6.04 Å². The first-order valence-corrected chi connectivity index (χ1v) is 9.65. The number of hydrogen-bond acceptors (Lipinski definition) is 4. The molecule has 2 atom stereocenters. The lowest BCUT2D eigenvalue weighted by molar-refractivity contribution is -0.141. The molecule has 1 saturated carbocycles. The van der Waals surface area contributed by atoms with Gasteiger partial charge in [-0.15, -0.1) is 5.10 Å². The van der Waals surface area contributed by atoms with E-state index in [0.29, 0.717) is 25.0 Å². The van der Waals surface area contributed by atoms with Gasteiger partial charge < -0.3 is 10.4 Å². The first-order chi connectivity index (χ1) is 14.0. The molecule has 0 unspecified atom stereocenters. The minimum Gasteiger partial charge on any atom is -0.481 e. The maximum atomic E-state index is 12.6. The van der Waals surface area contributed by atoms with Gasteiger partial charge in [0.1, 0.15) is 0 Å². The van der Waals surface area contributed by atoms with E-state index >= 15 is 0 Å². The summed E-state index contributed by atoms with van der Waals surface area (Å²) >= 11 is 0. The van der Waals surface area contributed by atoms with Crippen LogP contribution in [0.3, 0.4) is 0 Å². The Morgan fingerprint density at radius 2 is 1.72 bits per heavy atom. The molecule has 1 amide bonds. The number of amides is 1. The second kappa shape index (κ2) is 7.87. The van der Waals surface area contributed by atoms with Gasteiger partial charge in [0.05, 0.1) is 17.3 Å². The molecule has 0 bridgehead atoms. The predicted octanol–water partition coefficient (Wildman–Crippen LogP) is 3.23. The van der Waals surface area contributed by atoms with Crippen LogP contribution in [0.5, 0.6) is 0 Å². The Kier molecular flexibility index (Phi) is 5.12. The van der Waals surface area contributed by atoms with Crippen LogP contribution in [0.4, 0.5) is 0 Å². The van der Waals surface area contributed by atoms with Crippen molar-refractivity contribution in [2.45, 2.75) is 32.2 Å². The van der Waals surface area contributed by atoms with Crippen molar-refractivity contribution in [2.24, 2.45) is 5.92 Å². The van der Waals surface area contributed by atoms with Crippen molar-refractivity contribution in [3.05, 3.63) is 66.0 Å². The highest BCUT2D eigenvalue weighted by Crippen LogP contribution is 2.26. The number of carbonyl (C=O) groups excluding carboxylic acids is 1.